The number of rotatable bonds is 3. The molecule has 0 bridgehead atoms. The summed E-state index contributed by atoms with van der Waals surface area (Å²) in [5, 5.41) is 3.00. The molecular formula is C12H21NO3. The molecule has 0 aromatic heterocycles. The van der Waals surface area contributed by atoms with Crippen LogP contribution in [0.5, 0.6) is 0 Å². The second-order valence-corrected chi connectivity index (χ2v) is 4.73. The zero-order valence-corrected chi connectivity index (χ0v) is 10.3. The molecule has 1 rings (SSSR count). The van der Waals surface area contributed by atoms with Crippen LogP contribution in [0.1, 0.15) is 39.5 Å². The molecule has 0 saturated heterocycles. The van der Waals surface area contributed by atoms with E-state index in [1.807, 2.05) is 13.8 Å². The molecule has 0 radical (unpaired) electrons. The molecule has 4 heteroatoms. The van der Waals surface area contributed by atoms with Crippen LogP contribution >= 0.6 is 0 Å². The van der Waals surface area contributed by atoms with Gasteiger partial charge >= 0.3 is 5.97 Å². The summed E-state index contributed by atoms with van der Waals surface area (Å²) in [6, 6.07) is 0.232. The SMILES string of the molecule is COC(=O)C1CCC(NC(=O)C(C)C)CC1. The highest BCUT2D eigenvalue weighted by atomic mass is 16.5. The van der Waals surface area contributed by atoms with Gasteiger partial charge in [0.25, 0.3) is 0 Å². The highest BCUT2D eigenvalue weighted by Crippen LogP contribution is 2.25. The molecular weight excluding hydrogens is 206 g/mol. The molecule has 0 heterocycles. The van der Waals surface area contributed by atoms with Crippen LogP contribution in [-0.4, -0.2) is 25.0 Å². The van der Waals surface area contributed by atoms with E-state index in [0.29, 0.717) is 0 Å². The van der Waals surface area contributed by atoms with Gasteiger partial charge in [-0.25, -0.2) is 0 Å². The summed E-state index contributed by atoms with van der Waals surface area (Å²) in [5.41, 5.74) is 0. The molecule has 0 aromatic carbocycles. The van der Waals surface area contributed by atoms with Crippen LogP contribution < -0.4 is 5.32 Å². The minimum atomic E-state index is -0.117. The molecule has 1 saturated carbocycles. The summed E-state index contributed by atoms with van der Waals surface area (Å²) >= 11 is 0. The van der Waals surface area contributed by atoms with E-state index in [-0.39, 0.29) is 29.8 Å². The molecule has 1 fully saturated rings. The zero-order valence-electron chi connectivity index (χ0n) is 10.3. The number of carbonyl (C=O) groups is 2. The minimum absolute atomic E-state index is 0.0252. The van der Waals surface area contributed by atoms with E-state index in [2.05, 4.69) is 5.32 Å². The third-order valence-corrected chi connectivity index (χ3v) is 3.13. The van der Waals surface area contributed by atoms with Gasteiger partial charge in [0.05, 0.1) is 13.0 Å². The Morgan fingerprint density at radius 3 is 2.19 bits per heavy atom. The van der Waals surface area contributed by atoms with Gasteiger partial charge in [0.1, 0.15) is 0 Å². The Kier molecular flexibility index (Phi) is 4.77. The smallest absolute Gasteiger partial charge is 0.308 e. The lowest BCUT2D eigenvalue weighted by atomic mass is 9.86. The Labute approximate surface area is 96.7 Å². The first kappa shape index (κ1) is 13.0. The van der Waals surface area contributed by atoms with Gasteiger partial charge in [0.2, 0.25) is 5.91 Å². The summed E-state index contributed by atoms with van der Waals surface area (Å²) in [7, 11) is 1.43. The molecule has 1 aliphatic rings. The molecule has 0 unspecified atom stereocenters. The quantitative estimate of drug-likeness (QED) is 0.743. The van der Waals surface area contributed by atoms with Gasteiger partial charge in [-0.3, -0.25) is 9.59 Å². The van der Waals surface area contributed by atoms with Crippen LogP contribution in [-0.2, 0) is 14.3 Å². The van der Waals surface area contributed by atoms with Crippen molar-refractivity contribution in [3.63, 3.8) is 0 Å². The fourth-order valence-corrected chi connectivity index (χ4v) is 2.01. The summed E-state index contributed by atoms with van der Waals surface area (Å²) in [6.45, 7) is 3.77. The Hall–Kier alpha value is -1.06. The van der Waals surface area contributed by atoms with E-state index in [4.69, 9.17) is 4.74 Å². The molecule has 16 heavy (non-hydrogen) atoms. The van der Waals surface area contributed by atoms with Crippen molar-refractivity contribution in [1.29, 1.82) is 0 Å². The lowest BCUT2D eigenvalue weighted by Gasteiger charge is -2.28. The number of esters is 1. The topological polar surface area (TPSA) is 55.4 Å². The Bertz CT molecular complexity index is 255. The lowest BCUT2D eigenvalue weighted by molar-refractivity contribution is -0.146. The second kappa shape index (κ2) is 5.87. The Balaban J connectivity index is 2.32. The van der Waals surface area contributed by atoms with E-state index in [0.717, 1.165) is 25.7 Å². The van der Waals surface area contributed by atoms with E-state index < -0.39 is 0 Å². The largest absolute Gasteiger partial charge is 0.469 e. The molecule has 1 amide bonds. The average Bonchev–Trinajstić information content (AvgIpc) is 2.28. The van der Waals surface area contributed by atoms with Crippen LogP contribution in [0.2, 0.25) is 0 Å². The van der Waals surface area contributed by atoms with E-state index in [9.17, 15) is 9.59 Å². The van der Waals surface area contributed by atoms with Crippen molar-refractivity contribution in [2.75, 3.05) is 7.11 Å². The average molecular weight is 227 g/mol. The van der Waals surface area contributed by atoms with Gasteiger partial charge in [0.15, 0.2) is 0 Å². The van der Waals surface area contributed by atoms with Crippen molar-refractivity contribution >= 4 is 11.9 Å². The predicted octanol–water partition coefficient (Wildman–Crippen LogP) is 1.49. The lowest BCUT2D eigenvalue weighted by Crippen LogP contribution is -2.40. The van der Waals surface area contributed by atoms with E-state index >= 15 is 0 Å². The maximum Gasteiger partial charge on any atom is 0.308 e. The van der Waals surface area contributed by atoms with Crippen molar-refractivity contribution in [2.24, 2.45) is 11.8 Å². The number of nitrogens with one attached hydrogen (secondary N) is 1. The van der Waals surface area contributed by atoms with Crippen molar-refractivity contribution in [3.05, 3.63) is 0 Å². The normalized spacial score (nSPS) is 25.2. The molecule has 4 nitrogen and oxygen atoms in total. The van der Waals surface area contributed by atoms with E-state index in [1.54, 1.807) is 0 Å². The van der Waals surface area contributed by atoms with Gasteiger partial charge < -0.3 is 10.1 Å². The Morgan fingerprint density at radius 1 is 1.19 bits per heavy atom. The van der Waals surface area contributed by atoms with Gasteiger partial charge in [-0.05, 0) is 25.7 Å². The molecule has 1 aliphatic carbocycles. The number of hydrogen-bond donors (Lipinski definition) is 1. The van der Waals surface area contributed by atoms with Crippen molar-refractivity contribution in [2.45, 2.75) is 45.6 Å². The summed E-state index contributed by atoms with van der Waals surface area (Å²) in [4.78, 5) is 22.8. The number of amides is 1. The number of hydrogen-bond acceptors (Lipinski definition) is 3. The van der Waals surface area contributed by atoms with Crippen LogP contribution in [0.25, 0.3) is 0 Å². The molecule has 0 aromatic rings. The highest BCUT2D eigenvalue weighted by Gasteiger charge is 2.27. The number of ether oxygens (including phenoxy) is 1. The van der Waals surface area contributed by atoms with Crippen molar-refractivity contribution in [1.82, 2.24) is 5.32 Å². The molecule has 0 atom stereocenters. The summed E-state index contributed by atoms with van der Waals surface area (Å²) in [6.07, 6.45) is 3.38. The van der Waals surface area contributed by atoms with Crippen LogP contribution in [0.4, 0.5) is 0 Å². The molecule has 92 valence electrons. The fraction of sp³-hybridized carbons (Fsp3) is 0.833. The van der Waals surface area contributed by atoms with Crippen LogP contribution in [0.3, 0.4) is 0 Å². The van der Waals surface area contributed by atoms with Crippen LogP contribution in [0.15, 0.2) is 0 Å². The zero-order chi connectivity index (χ0) is 12.1. The summed E-state index contributed by atoms with van der Waals surface area (Å²) < 4.78 is 4.72. The Morgan fingerprint density at radius 2 is 1.75 bits per heavy atom. The third-order valence-electron chi connectivity index (χ3n) is 3.13. The maximum absolute atomic E-state index is 11.5. The number of carbonyl (C=O) groups excluding carboxylic acids is 2. The molecule has 1 N–H and O–H groups in total. The fourth-order valence-electron chi connectivity index (χ4n) is 2.01. The van der Waals surface area contributed by atoms with Crippen molar-refractivity contribution < 1.29 is 14.3 Å². The maximum atomic E-state index is 11.5. The standard InChI is InChI=1S/C12H21NO3/c1-8(2)11(14)13-10-6-4-9(5-7-10)12(15)16-3/h8-10H,4-7H2,1-3H3,(H,13,14). The van der Waals surface area contributed by atoms with Crippen LogP contribution in [0, 0.1) is 11.8 Å². The first-order valence-corrected chi connectivity index (χ1v) is 5.92. The monoisotopic (exact) mass is 227 g/mol. The predicted molar refractivity (Wildman–Crippen MR) is 60.7 cm³/mol. The first-order valence-electron chi connectivity index (χ1n) is 5.92. The molecule has 0 spiro atoms. The highest BCUT2D eigenvalue weighted by molar-refractivity contribution is 5.78. The number of methoxy groups -OCH3 is 1. The second-order valence-electron chi connectivity index (χ2n) is 4.73. The minimum Gasteiger partial charge on any atom is -0.469 e. The molecule has 0 aliphatic heterocycles. The van der Waals surface area contributed by atoms with E-state index in [1.165, 1.54) is 7.11 Å². The third kappa shape index (κ3) is 3.51. The summed E-state index contributed by atoms with van der Waals surface area (Å²) in [5.74, 6) is 0.0330. The van der Waals surface area contributed by atoms with Crippen molar-refractivity contribution in [3.8, 4) is 0 Å². The van der Waals surface area contributed by atoms with Gasteiger partial charge in [-0.15, -0.1) is 0 Å². The van der Waals surface area contributed by atoms with Gasteiger partial charge in [0, 0.05) is 12.0 Å². The van der Waals surface area contributed by atoms with Gasteiger partial charge in [-0.1, -0.05) is 13.8 Å². The first-order chi connectivity index (χ1) is 7.54. The van der Waals surface area contributed by atoms with Gasteiger partial charge in [-0.2, -0.15) is 0 Å².